The normalized spacial score (nSPS) is 12.6. The number of hydrogen-bond acceptors (Lipinski definition) is 2. The highest BCUT2D eigenvalue weighted by Crippen LogP contribution is 2.20. The number of nitrogens with one attached hydrogen (secondary N) is 1. The molecule has 0 saturated carbocycles. The van der Waals surface area contributed by atoms with Gasteiger partial charge in [-0.2, -0.15) is 0 Å². The number of aromatic amines is 1. The van der Waals surface area contributed by atoms with Crippen LogP contribution in [-0.2, 0) is 0 Å². The molecule has 0 spiro atoms. The van der Waals surface area contributed by atoms with Gasteiger partial charge in [0.15, 0.2) is 5.82 Å². The quantitative estimate of drug-likeness (QED) is 0.650. The SMILES string of the molecule is CC(=Cc1ccccc1)C=C(Cl)c1nc2ccc(Cl)cc2c(=O)[nH]1. The summed E-state index contributed by atoms with van der Waals surface area (Å²) in [6, 6.07) is 14.9. The van der Waals surface area contributed by atoms with Crippen LogP contribution in [-0.4, -0.2) is 9.97 Å². The van der Waals surface area contributed by atoms with Crippen LogP contribution in [0.25, 0.3) is 22.0 Å². The first kappa shape index (κ1) is 16.5. The summed E-state index contributed by atoms with van der Waals surface area (Å²) in [5, 5.41) is 1.30. The predicted molar refractivity (Wildman–Crippen MR) is 101 cm³/mol. The molecule has 0 unspecified atom stereocenters. The van der Waals surface area contributed by atoms with Crippen LogP contribution in [0, 0.1) is 0 Å². The minimum atomic E-state index is -0.270. The highest BCUT2D eigenvalue weighted by molar-refractivity contribution is 6.48. The lowest BCUT2D eigenvalue weighted by molar-refractivity contribution is 1.13. The summed E-state index contributed by atoms with van der Waals surface area (Å²) >= 11 is 12.2. The van der Waals surface area contributed by atoms with E-state index in [0.717, 1.165) is 11.1 Å². The fourth-order valence-corrected chi connectivity index (χ4v) is 2.78. The first-order chi connectivity index (χ1) is 11.5. The Kier molecular flexibility index (Phi) is 4.84. The van der Waals surface area contributed by atoms with Crippen molar-refractivity contribution in [2.75, 3.05) is 0 Å². The molecule has 120 valence electrons. The molecule has 3 rings (SSSR count). The molecule has 0 saturated heterocycles. The summed E-state index contributed by atoms with van der Waals surface area (Å²) in [5.74, 6) is 0.331. The van der Waals surface area contributed by atoms with Crippen LogP contribution in [0.15, 0.2) is 65.0 Å². The summed E-state index contributed by atoms with van der Waals surface area (Å²) < 4.78 is 0. The second-order valence-corrected chi connectivity index (χ2v) is 6.21. The second kappa shape index (κ2) is 7.04. The van der Waals surface area contributed by atoms with Crippen molar-refractivity contribution in [3.8, 4) is 0 Å². The maximum Gasteiger partial charge on any atom is 0.259 e. The van der Waals surface area contributed by atoms with Crippen LogP contribution in [0.1, 0.15) is 18.3 Å². The number of rotatable bonds is 3. The third-order valence-electron chi connectivity index (χ3n) is 3.44. The van der Waals surface area contributed by atoms with Crippen LogP contribution in [0.4, 0.5) is 0 Å². The summed E-state index contributed by atoms with van der Waals surface area (Å²) in [4.78, 5) is 19.3. The first-order valence-electron chi connectivity index (χ1n) is 7.33. The largest absolute Gasteiger partial charge is 0.305 e. The van der Waals surface area contributed by atoms with E-state index in [1.54, 1.807) is 24.3 Å². The number of aromatic nitrogens is 2. The van der Waals surface area contributed by atoms with E-state index in [4.69, 9.17) is 23.2 Å². The lowest BCUT2D eigenvalue weighted by Crippen LogP contribution is -2.10. The standard InChI is InChI=1S/C19H14Cl2N2O/c1-12(9-13-5-3-2-4-6-13)10-16(21)18-22-17-8-7-14(20)11-15(17)19(24)23-18/h2-11H,1H3,(H,22,23,24). The van der Waals surface area contributed by atoms with E-state index in [2.05, 4.69) is 9.97 Å². The van der Waals surface area contributed by atoms with E-state index in [1.807, 2.05) is 43.3 Å². The van der Waals surface area contributed by atoms with Gasteiger partial charge >= 0.3 is 0 Å². The molecule has 1 N–H and O–H groups in total. The van der Waals surface area contributed by atoms with Crippen molar-refractivity contribution in [1.29, 1.82) is 0 Å². The molecule has 3 nitrogen and oxygen atoms in total. The van der Waals surface area contributed by atoms with Crippen molar-refractivity contribution in [2.24, 2.45) is 0 Å². The van der Waals surface area contributed by atoms with Gasteiger partial charge in [-0.1, -0.05) is 59.6 Å². The van der Waals surface area contributed by atoms with Gasteiger partial charge in [-0.15, -0.1) is 0 Å². The van der Waals surface area contributed by atoms with Gasteiger partial charge in [0.05, 0.1) is 15.9 Å². The zero-order chi connectivity index (χ0) is 17.1. The molecule has 0 aliphatic rings. The minimum Gasteiger partial charge on any atom is -0.305 e. The van der Waals surface area contributed by atoms with E-state index >= 15 is 0 Å². The van der Waals surface area contributed by atoms with Crippen LogP contribution in [0.3, 0.4) is 0 Å². The van der Waals surface area contributed by atoms with Crippen molar-refractivity contribution in [1.82, 2.24) is 9.97 Å². The molecule has 0 aliphatic carbocycles. The number of hydrogen-bond donors (Lipinski definition) is 1. The Hall–Kier alpha value is -2.36. The summed E-state index contributed by atoms with van der Waals surface area (Å²) in [6.45, 7) is 1.94. The van der Waals surface area contributed by atoms with E-state index in [1.165, 1.54) is 0 Å². The van der Waals surface area contributed by atoms with Gasteiger partial charge in [0.1, 0.15) is 0 Å². The Morgan fingerprint density at radius 2 is 1.92 bits per heavy atom. The molecule has 0 aliphatic heterocycles. The van der Waals surface area contributed by atoms with Crippen molar-refractivity contribution in [3.05, 3.63) is 86.9 Å². The van der Waals surface area contributed by atoms with Gasteiger partial charge in [0.25, 0.3) is 5.56 Å². The Morgan fingerprint density at radius 1 is 1.17 bits per heavy atom. The molecule has 3 aromatic rings. The summed E-state index contributed by atoms with van der Waals surface area (Å²) in [5.41, 5.74) is 2.30. The van der Waals surface area contributed by atoms with Crippen LogP contribution < -0.4 is 5.56 Å². The Labute approximate surface area is 149 Å². The van der Waals surface area contributed by atoms with Crippen molar-refractivity contribution in [3.63, 3.8) is 0 Å². The molecule has 0 amide bonds. The Bertz CT molecular complexity index is 1000. The second-order valence-electron chi connectivity index (χ2n) is 5.37. The third-order valence-corrected chi connectivity index (χ3v) is 3.97. The third kappa shape index (κ3) is 3.75. The van der Waals surface area contributed by atoms with Gasteiger partial charge in [-0.05, 0) is 42.3 Å². The van der Waals surface area contributed by atoms with Crippen LogP contribution >= 0.6 is 23.2 Å². The molecular weight excluding hydrogens is 343 g/mol. The topological polar surface area (TPSA) is 45.8 Å². The maximum atomic E-state index is 12.2. The zero-order valence-corrected chi connectivity index (χ0v) is 14.4. The van der Waals surface area contributed by atoms with Crippen LogP contribution in [0.2, 0.25) is 5.02 Å². The van der Waals surface area contributed by atoms with Gasteiger partial charge in [0, 0.05) is 5.02 Å². The van der Waals surface area contributed by atoms with E-state index < -0.39 is 0 Å². The first-order valence-corrected chi connectivity index (χ1v) is 8.09. The number of benzene rings is 2. The van der Waals surface area contributed by atoms with Crippen molar-refractivity contribution in [2.45, 2.75) is 6.92 Å². The minimum absolute atomic E-state index is 0.270. The highest BCUT2D eigenvalue weighted by Gasteiger charge is 2.07. The zero-order valence-electron chi connectivity index (χ0n) is 12.9. The van der Waals surface area contributed by atoms with Crippen molar-refractivity contribution < 1.29 is 0 Å². The van der Waals surface area contributed by atoms with Gasteiger partial charge in [0.2, 0.25) is 0 Å². The Morgan fingerprint density at radius 3 is 2.67 bits per heavy atom. The predicted octanol–water partition coefficient (Wildman–Crippen LogP) is 5.26. The lowest BCUT2D eigenvalue weighted by atomic mass is 10.1. The summed E-state index contributed by atoms with van der Waals surface area (Å²) in [6.07, 6.45) is 3.77. The number of allylic oxidation sites excluding steroid dienone is 2. The van der Waals surface area contributed by atoms with Crippen molar-refractivity contribution >= 4 is 45.2 Å². The lowest BCUT2D eigenvalue weighted by Gasteiger charge is -2.03. The smallest absolute Gasteiger partial charge is 0.259 e. The van der Waals surface area contributed by atoms with Gasteiger partial charge in [-0.3, -0.25) is 4.79 Å². The van der Waals surface area contributed by atoms with Crippen LogP contribution in [0.5, 0.6) is 0 Å². The number of nitrogens with zero attached hydrogens (tertiary/aromatic N) is 1. The molecule has 2 aromatic carbocycles. The average Bonchev–Trinajstić information content (AvgIpc) is 2.56. The van der Waals surface area contributed by atoms with E-state index in [9.17, 15) is 4.79 Å². The highest BCUT2D eigenvalue weighted by atomic mass is 35.5. The molecule has 5 heteroatoms. The molecule has 0 radical (unpaired) electrons. The average molecular weight is 357 g/mol. The van der Waals surface area contributed by atoms with E-state index in [-0.39, 0.29) is 5.56 Å². The fourth-order valence-electron chi connectivity index (χ4n) is 2.35. The van der Waals surface area contributed by atoms with Gasteiger partial charge in [-0.25, -0.2) is 4.98 Å². The number of H-pyrrole nitrogens is 1. The molecule has 1 heterocycles. The molecule has 0 fully saturated rings. The maximum absolute atomic E-state index is 12.2. The molecule has 0 bridgehead atoms. The van der Waals surface area contributed by atoms with Gasteiger partial charge < -0.3 is 4.98 Å². The molecule has 1 aromatic heterocycles. The number of fused-ring (bicyclic) bond motifs is 1. The summed E-state index contributed by atoms with van der Waals surface area (Å²) in [7, 11) is 0. The molecular formula is C19H14Cl2N2O. The van der Waals surface area contributed by atoms with E-state index in [0.29, 0.717) is 26.8 Å². The monoisotopic (exact) mass is 356 g/mol. The molecule has 0 atom stereocenters. The molecule has 24 heavy (non-hydrogen) atoms. The fraction of sp³-hybridized carbons (Fsp3) is 0.0526. The Balaban J connectivity index is 1.99. The number of halogens is 2.